The highest BCUT2D eigenvalue weighted by Crippen LogP contribution is 2.33. The van der Waals surface area contributed by atoms with Crippen LogP contribution in [0.5, 0.6) is 5.75 Å². The first-order valence-electron chi connectivity index (χ1n) is 12.9. The lowest BCUT2D eigenvalue weighted by Gasteiger charge is -2.18. The Kier molecular flexibility index (Phi) is 9.86. The van der Waals surface area contributed by atoms with E-state index in [9.17, 15) is 4.79 Å². The van der Waals surface area contributed by atoms with Crippen molar-refractivity contribution >= 4 is 28.4 Å². The summed E-state index contributed by atoms with van der Waals surface area (Å²) in [5.41, 5.74) is 5.22. The summed E-state index contributed by atoms with van der Waals surface area (Å²) < 4.78 is 8.11. The molecule has 3 aromatic heterocycles. The Morgan fingerprint density at radius 1 is 1.16 bits per heavy atom. The number of hydrogen-bond donors (Lipinski definition) is 1. The van der Waals surface area contributed by atoms with E-state index < -0.39 is 0 Å². The van der Waals surface area contributed by atoms with Crippen molar-refractivity contribution in [2.75, 3.05) is 0 Å². The molecule has 0 aliphatic rings. The van der Waals surface area contributed by atoms with Gasteiger partial charge in [0.1, 0.15) is 17.9 Å². The van der Waals surface area contributed by atoms with Gasteiger partial charge in [-0.1, -0.05) is 64.8 Å². The normalized spacial score (nSPS) is 11.2. The highest BCUT2D eigenvalue weighted by Gasteiger charge is 2.18. The topological polar surface area (TPSA) is 81.9 Å². The van der Waals surface area contributed by atoms with Gasteiger partial charge >= 0.3 is 0 Å². The monoisotopic (exact) mass is 535 g/mol. The number of pyridine rings is 2. The highest BCUT2D eigenvalue weighted by atomic mass is 35.5. The second-order valence-electron chi connectivity index (χ2n) is 10.6. The van der Waals surface area contributed by atoms with Crippen LogP contribution in [-0.4, -0.2) is 25.7 Å². The molecular weight excluding hydrogens is 498 g/mol. The molecule has 8 heteroatoms. The molecule has 1 amide bonds. The fourth-order valence-corrected chi connectivity index (χ4v) is 4.25. The van der Waals surface area contributed by atoms with Gasteiger partial charge in [-0.25, -0.2) is 4.98 Å². The average molecular weight is 536 g/mol. The summed E-state index contributed by atoms with van der Waals surface area (Å²) in [5.74, 6) is 0.644. The molecule has 1 N–H and O–H groups in total. The summed E-state index contributed by atoms with van der Waals surface area (Å²) in [6, 6.07) is 9.94. The summed E-state index contributed by atoms with van der Waals surface area (Å²) in [4.78, 5) is 21.3. The number of amides is 1. The maximum absolute atomic E-state index is 12.3. The zero-order chi connectivity index (χ0) is 27.9. The van der Waals surface area contributed by atoms with E-state index in [1.807, 2.05) is 63.7 Å². The van der Waals surface area contributed by atoms with Crippen LogP contribution in [0.25, 0.3) is 22.2 Å². The molecular formula is C30H38ClN5O2. The first-order chi connectivity index (χ1) is 18.0. The largest absolute Gasteiger partial charge is 0.487 e. The second kappa shape index (κ2) is 12.9. The van der Waals surface area contributed by atoms with Crippen LogP contribution in [0.15, 0.2) is 48.9 Å². The van der Waals surface area contributed by atoms with Crippen LogP contribution < -0.4 is 10.1 Å². The zero-order valence-corrected chi connectivity index (χ0v) is 24.2. The fraction of sp³-hybridized carbons (Fsp3) is 0.400. The van der Waals surface area contributed by atoms with E-state index >= 15 is 0 Å². The Hall–Kier alpha value is -3.45. The van der Waals surface area contributed by atoms with Crippen LogP contribution in [0.2, 0.25) is 5.02 Å². The Balaban J connectivity index is 0.00000127. The van der Waals surface area contributed by atoms with Crippen molar-refractivity contribution in [2.45, 2.75) is 67.5 Å². The number of halogens is 1. The lowest BCUT2D eigenvalue weighted by molar-refractivity contribution is -0.122. The Labute approximate surface area is 230 Å². The van der Waals surface area contributed by atoms with Gasteiger partial charge in [0.15, 0.2) is 0 Å². The Morgan fingerprint density at radius 2 is 1.89 bits per heavy atom. The third-order valence-electron chi connectivity index (χ3n) is 5.66. The number of carbonyl (C=O) groups excluding carboxylic acids is 1. The van der Waals surface area contributed by atoms with Crippen LogP contribution >= 0.6 is 11.6 Å². The maximum atomic E-state index is 12.3. The molecule has 0 aliphatic heterocycles. The summed E-state index contributed by atoms with van der Waals surface area (Å²) in [6.45, 7) is 12.9. The van der Waals surface area contributed by atoms with Crippen molar-refractivity contribution in [2.24, 2.45) is 12.5 Å². The second-order valence-corrected chi connectivity index (χ2v) is 11.0. The van der Waals surface area contributed by atoms with Crippen LogP contribution in [0.4, 0.5) is 0 Å². The van der Waals surface area contributed by atoms with E-state index in [-0.39, 0.29) is 17.9 Å². The molecule has 0 saturated heterocycles. The number of carbonyl (C=O) groups is 1. The maximum Gasteiger partial charge on any atom is 0.220 e. The molecule has 0 bridgehead atoms. The van der Waals surface area contributed by atoms with Crippen molar-refractivity contribution in [1.29, 1.82) is 0 Å². The fourth-order valence-electron chi connectivity index (χ4n) is 4.02. The molecule has 3 heterocycles. The van der Waals surface area contributed by atoms with Gasteiger partial charge in [-0.05, 0) is 36.1 Å². The van der Waals surface area contributed by atoms with Crippen molar-refractivity contribution in [1.82, 2.24) is 25.1 Å². The van der Waals surface area contributed by atoms with E-state index in [0.717, 1.165) is 39.0 Å². The minimum atomic E-state index is -0.0869. The SMILES string of the molecule is CCC.Cc1cc(-c2ccnn2C)c2cccc(OCc3c(Cl)cncc3CNC(=O)CC(C)(C)C)c2n1. The predicted molar refractivity (Wildman–Crippen MR) is 154 cm³/mol. The molecule has 0 unspecified atom stereocenters. The number of ether oxygens (including phenoxy) is 1. The lowest BCUT2D eigenvalue weighted by atomic mass is 9.92. The standard InChI is InChI=1S/C27H30ClN5O2.C3H8/c1-17-11-20(23-9-10-31-33(23)5)19-7-6-8-24(26(19)32-17)35-16-21-18(13-29-15-22(21)28)14-30-25(34)12-27(2,3)4;1-3-2/h6-11,13,15H,12,14,16H2,1-5H3,(H,30,34);3H2,1-2H3. The Bertz CT molecular complexity index is 1390. The molecule has 4 rings (SSSR count). The van der Waals surface area contributed by atoms with Gasteiger partial charge < -0.3 is 10.1 Å². The number of fused-ring (bicyclic) bond motifs is 1. The molecule has 0 saturated carbocycles. The predicted octanol–water partition coefficient (Wildman–Crippen LogP) is 7.04. The van der Waals surface area contributed by atoms with Gasteiger partial charge in [0.25, 0.3) is 0 Å². The lowest BCUT2D eigenvalue weighted by Crippen LogP contribution is -2.27. The van der Waals surface area contributed by atoms with E-state index in [1.165, 1.54) is 6.42 Å². The number of nitrogens with zero attached hydrogens (tertiary/aromatic N) is 4. The summed E-state index contributed by atoms with van der Waals surface area (Å²) in [6.07, 6.45) is 6.78. The highest BCUT2D eigenvalue weighted by molar-refractivity contribution is 6.31. The van der Waals surface area contributed by atoms with E-state index in [0.29, 0.717) is 23.7 Å². The molecule has 7 nitrogen and oxygen atoms in total. The van der Waals surface area contributed by atoms with Crippen molar-refractivity contribution in [3.05, 3.63) is 70.8 Å². The quantitative estimate of drug-likeness (QED) is 0.274. The number of nitrogens with one attached hydrogen (secondary N) is 1. The minimum absolute atomic E-state index is 0.0132. The molecule has 38 heavy (non-hydrogen) atoms. The first kappa shape index (κ1) is 29.1. The van der Waals surface area contributed by atoms with Crippen LogP contribution in [0.1, 0.15) is 64.3 Å². The zero-order valence-electron chi connectivity index (χ0n) is 23.4. The van der Waals surface area contributed by atoms with Gasteiger partial charge in [0, 0.05) is 60.8 Å². The third-order valence-corrected chi connectivity index (χ3v) is 5.99. The molecule has 0 aliphatic carbocycles. The number of benzene rings is 1. The Morgan fingerprint density at radius 3 is 2.55 bits per heavy atom. The average Bonchev–Trinajstić information content (AvgIpc) is 3.26. The van der Waals surface area contributed by atoms with Crippen LogP contribution in [0.3, 0.4) is 0 Å². The van der Waals surface area contributed by atoms with Crippen molar-refractivity contribution in [3.8, 4) is 17.0 Å². The smallest absolute Gasteiger partial charge is 0.220 e. The van der Waals surface area contributed by atoms with Crippen LogP contribution in [0, 0.1) is 12.3 Å². The number of aromatic nitrogens is 4. The molecule has 1 aromatic carbocycles. The molecule has 0 spiro atoms. The first-order valence-corrected chi connectivity index (χ1v) is 13.3. The third kappa shape index (κ3) is 7.54. The van der Waals surface area contributed by atoms with Crippen molar-refractivity contribution < 1.29 is 9.53 Å². The summed E-state index contributed by atoms with van der Waals surface area (Å²) >= 11 is 6.49. The number of rotatable bonds is 7. The molecule has 4 aromatic rings. The van der Waals surface area contributed by atoms with E-state index in [2.05, 4.69) is 35.3 Å². The number of aryl methyl sites for hydroxylation is 2. The van der Waals surface area contributed by atoms with Gasteiger partial charge in [0.2, 0.25) is 5.91 Å². The minimum Gasteiger partial charge on any atom is -0.487 e. The van der Waals surface area contributed by atoms with Gasteiger partial charge in [0.05, 0.1) is 10.7 Å². The molecule has 0 fully saturated rings. The van der Waals surface area contributed by atoms with Crippen molar-refractivity contribution in [3.63, 3.8) is 0 Å². The van der Waals surface area contributed by atoms with Gasteiger partial charge in [-0.2, -0.15) is 5.10 Å². The van der Waals surface area contributed by atoms with Gasteiger partial charge in [-0.15, -0.1) is 0 Å². The number of para-hydroxylation sites is 1. The summed E-state index contributed by atoms with van der Waals surface area (Å²) in [5, 5.41) is 8.76. The van der Waals surface area contributed by atoms with E-state index in [1.54, 1.807) is 18.6 Å². The molecule has 0 radical (unpaired) electrons. The summed E-state index contributed by atoms with van der Waals surface area (Å²) in [7, 11) is 1.92. The number of hydrogen-bond acceptors (Lipinski definition) is 5. The molecule has 0 atom stereocenters. The molecule has 202 valence electrons. The van der Waals surface area contributed by atoms with Crippen LogP contribution in [-0.2, 0) is 25.0 Å². The van der Waals surface area contributed by atoms with E-state index in [4.69, 9.17) is 21.3 Å². The van der Waals surface area contributed by atoms with Gasteiger partial charge in [-0.3, -0.25) is 14.5 Å².